The Balaban J connectivity index is 2.22. The number of rotatable bonds is 3. The van der Waals surface area contributed by atoms with Crippen LogP contribution < -0.4 is 10.5 Å². The highest BCUT2D eigenvalue weighted by molar-refractivity contribution is 9.10. The molecule has 2 aromatic carbocycles. The summed E-state index contributed by atoms with van der Waals surface area (Å²) in [7, 11) is 0. The molecule has 0 saturated heterocycles. The van der Waals surface area contributed by atoms with Gasteiger partial charge in [0.25, 0.3) is 0 Å². The third kappa shape index (κ3) is 3.17. The van der Waals surface area contributed by atoms with Crippen molar-refractivity contribution in [2.75, 3.05) is 12.0 Å². The minimum atomic E-state index is 0.627. The van der Waals surface area contributed by atoms with Gasteiger partial charge in [-0.3, -0.25) is 0 Å². The van der Waals surface area contributed by atoms with E-state index in [0.29, 0.717) is 11.4 Å². The molecule has 0 atom stereocenters. The molecule has 0 aliphatic carbocycles. The Kier molecular flexibility index (Phi) is 3.97. The molecule has 2 aromatic rings. The average Bonchev–Trinajstić information content (AvgIpc) is 2.35. The van der Waals surface area contributed by atoms with Gasteiger partial charge in [0.2, 0.25) is 0 Å². The van der Waals surface area contributed by atoms with Crippen molar-refractivity contribution in [1.82, 2.24) is 0 Å². The summed E-state index contributed by atoms with van der Waals surface area (Å²) in [4.78, 5) is 1.21. The lowest BCUT2D eigenvalue weighted by Crippen LogP contribution is -1.91. The number of hydrogen-bond donors (Lipinski definition) is 1. The van der Waals surface area contributed by atoms with E-state index in [1.165, 1.54) is 4.90 Å². The molecule has 0 aliphatic rings. The van der Waals surface area contributed by atoms with E-state index >= 15 is 0 Å². The van der Waals surface area contributed by atoms with E-state index in [4.69, 9.17) is 10.5 Å². The van der Waals surface area contributed by atoms with E-state index in [9.17, 15) is 0 Å². The highest BCUT2D eigenvalue weighted by Crippen LogP contribution is 2.31. The third-order valence-corrected chi connectivity index (χ3v) is 3.50. The lowest BCUT2D eigenvalue weighted by molar-refractivity contribution is 0.484. The van der Waals surface area contributed by atoms with Crippen LogP contribution in [0.25, 0.3) is 0 Å². The molecule has 0 aromatic heterocycles. The van der Waals surface area contributed by atoms with Crippen molar-refractivity contribution in [3.8, 4) is 11.5 Å². The number of benzene rings is 2. The van der Waals surface area contributed by atoms with Crippen LogP contribution in [0.15, 0.2) is 51.8 Å². The number of nitrogens with two attached hydrogens (primary N) is 1. The first-order valence-electron chi connectivity index (χ1n) is 5.06. The summed E-state index contributed by atoms with van der Waals surface area (Å²) in [5, 5.41) is 0. The van der Waals surface area contributed by atoms with Crippen molar-refractivity contribution in [1.29, 1.82) is 0 Å². The summed E-state index contributed by atoms with van der Waals surface area (Å²) < 4.78 is 6.67. The van der Waals surface area contributed by atoms with Crippen LogP contribution in [0.5, 0.6) is 11.5 Å². The quantitative estimate of drug-likeness (QED) is 0.667. The lowest BCUT2D eigenvalue weighted by Gasteiger charge is -2.09. The monoisotopic (exact) mass is 309 g/mol. The molecule has 17 heavy (non-hydrogen) atoms. The number of halogens is 1. The fourth-order valence-electron chi connectivity index (χ4n) is 1.37. The highest BCUT2D eigenvalue weighted by atomic mass is 79.9. The first kappa shape index (κ1) is 12.3. The molecular formula is C13H12BrNOS. The number of thioether (sulfide) groups is 1. The van der Waals surface area contributed by atoms with Crippen LogP contribution in [-0.2, 0) is 0 Å². The van der Waals surface area contributed by atoms with Gasteiger partial charge in [-0.2, -0.15) is 0 Å². The SMILES string of the molecule is CSc1ccc(Oc2cc(Br)ccc2N)cc1. The Hall–Kier alpha value is -1.13. The van der Waals surface area contributed by atoms with Gasteiger partial charge in [-0.25, -0.2) is 0 Å². The number of anilines is 1. The van der Waals surface area contributed by atoms with Gasteiger partial charge in [0.15, 0.2) is 5.75 Å². The topological polar surface area (TPSA) is 35.2 Å². The van der Waals surface area contributed by atoms with Crippen LogP contribution in [-0.4, -0.2) is 6.26 Å². The molecule has 0 aliphatic heterocycles. The summed E-state index contributed by atoms with van der Waals surface area (Å²) in [5.74, 6) is 1.45. The van der Waals surface area contributed by atoms with E-state index in [-0.39, 0.29) is 0 Å². The van der Waals surface area contributed by atoms with Crippen LogP contribution in [0.2, 0.25) is 0 Å². The zero-order chi connectivity index (χ0) is 12.3. The second-order valence-electron chi connectivity index (χ2n) is 3.46. The fourth-order valence-corrected chi connectivity index (χ4v) is 2.12. The van der Waals surface area contributed by atoms with Crippen LogP contribution in [0.4, 0.5) is 5.69 Å². The lowest BCUT2D eigenvalue weighted by atomic mass is 10.3. The standard InChI is InChI=1S/C13H12BrNOS/c1-17-11-5-3-10(4-6-11)16-13-8-9(14)2-7-12(13)15/h2-8H,15H2,1H3. The molecule has 0 unspecified atom stereocenters. The number of hydrogen-bond acceptors (Lipinski definition) is 3. The second-order valence-corrected chi connectivity index (χ2v) is 5.26. The van der Waals surface area contributed by atoms with Gasteiger partial charge in [-0.15, -0.1) is 11.8 Å². The number of nitrogen functional groups attached to an aromatic ring is 1. The van der Waals surface area contributed by atoms with Gasteiger partial charge in [-0.1, -0.05) is 15.9 Å². The van der Waals surface area contributed by atoms with Crippen LogP contribution in [0.1, 0.15) is 0 Å². The van der Waals surface area contributed by atoms with Crippen LogP contribution >= 0.6 is 27.7 Å². The molecule has 0 bridgehead atoms. The van der Waals surface area contributed by atoms with Crippen molar-refractivity contribution in [3.63, 3.8) is 0 Å². The van der Waals surface area contributed by atoms with E-state index in [0.717, 1.165) is 10.2 Å². The Morgan fingerprint density at radius 2 is 1.82 bits per heavy atom. The van der Waals surface area contributed by atoms with E-state index in [1.807, 2.05) is 48.7 Å². The summed E-state index contributed by atoms with van der Waals surface area (Å²) in [6.45, 7) is 0. The minimum absolute atomic E-state index is 0.627. The van der Waals surface area contributed by atoms with Crippen molar-refractivity contribution in [2.24, 2.45) is 0 Å². The van der Waals surface area contributed by atoms with Gasteiger partial charge in [0.1, 0.15) is 5.75 Å². The van der Waals surface area contributed by atoms with Crippen LogP contribution in [0, 0.1) is 0 Å². The first-order valence-corrected chi connectivity index (χ1v) is 7.08. The van der Waals surface area contributed by atoms with Gasteiger partial charge in [0.05, 0.1) is 5.69 Å². The Morgan fingerprint density at radius 3 is 2.47 bits per heavy atom. The number of ether oxygens (including phenoxy) is 1. The normalized spacial score (nSPS) is 10.2. The molecular weight excluding hydrogens is 298 g/mol. The maximum atomic E-state index is 5.84. The Bertz CT molecular complexity index is 513. The predicted octanol–water partition coefficient (Wildman–Crippen LogP) is 4.55. The fraction of sp³-hybridized carbons (Fsp3) is 0.0769. The molecule has 0 spiro atoms. The molecule has 2 N–H and O–H groups in total. The summed E-state index contributed by atoms with van der Waals surface area (Å²) in [6, 6.07) is 13.5. The zero-order valence-corrected chi connectivity index (χ0v) is 11.7. The Labute approximate surface area is 113 Å². The van der Waals surface area contributed by atoms with E-state index < -0.39 is 0 Å². The van der Waals surface area contributed by atoms with Gasteiger partial charge in [0, 0.05) is 9.37 Å². The largest absolute Gasteiger partial charge is 0.455 e. The van der Waals surface area contributed by atoms with Crippen molar-refractivity contribution >= 4 is 33.4 Å². The van der Waals surface area contributed by atoms with E-state index in [1.54, 1.807) is 11.8 Å². The second kappa shape index (κ2) is 5.47. The molecule has 0 saturated carbocycles. The smallest absolute Gasteiger partial charge is 0.151 e. The average molecular weight is 310 g/mol. The maximum Gasteiger partial charge on any atom is 0.151 e. The maximum absolute atomic E-state index is 5.84. The molecule has 0 heterocycles. The highest BCUT2D eigenvalue weighted by Gasteiger charge is 2.03. The summed E-state index contributed by atoms with van der Waals surface area (Å²) in [6.07, 6.45) is 2.04. The first-order chi connectivity index (χ1) is 8.19. The van der Waals surface area contributed by atoms with Crippen molar-refractivity contribution in [2.45, 2.75) is 4.90 Å². The zero-order valence-electron chi connectivity index (χ0n) is 9.31. The van der Waals surface area contributed by atoms with E-state index in [2.05, 4.69) is 15.9 Å². The van der Waals surface area contributed by atoms with Gasteiger partial charge in [-0.05, 0) is 48.7 Å². The molecule has 0 fully saturated rings. The summed E-state index contributed by atoms with van der Waals surface area (Å²) >= 11 is 5.10. The molecule has 4 heteroatoms. The predicted molar refractivity (Wildman–Crippen MR) is 76.9 cm³/mol. The molecule has 2 rings (SSSR count). The molecule has 0 radical (unpaired) electrons. The van der Waals surface area contributed by atoms with Gasteiger partial charge < -0.3 is 10.5 Å². The van der Waals surface area contributed by atoms with Crippen molar-refractivity contribution in [3.05, 3.63) is 46.9 Å². The minimum Gasteiger partial charge on any atom is -0.455 e. The van der Waals surface area contributed by atoms with Crippen molar-refractivity contribution < 1.29 is 4.74 Å². The molecule has 0 amide bonds. The van der Waals surface area contributed by atoms with Gasteiger partial charge >= 0.3 is 0 Å². The molecule has 2 nitrogen and oxygen atoms in total. The van der Waals surface area contributed by atoms with Crippen LogP contribution in [0.3, 0.4) is 0 Å². The molecule has 88 valence electrons. The Morgan fingerprint density at radius 1 is 1.12 bits per heavy atom. The third-order valence-electron chi connectivity index (χ3n) is 2.26. The summed E-state index contributed by atoms with van der Waals surface area (Å²) in [5.41, 5.74) is 6.47.